The van der Waals surface area contributed by atoms with E-state index in [1.54, 1.807) is 0 Å². The van der Waals surface area contributed by atoms with E-state index in [2.05, 4.69) is 10.3 Å². The molecule has 4 N–H and O–H groups in total. The number of ketones is 1. The summed E-state index contributed by atoms with van der Waals surface area (Å²) in [4.78, 5) is 37.3. The van der Waals surface area contributed by atoms with Crippen molar-refractivity contribution in [2.45, 2.75) is 77.2 Å². The van der Waals surface area contributed by atoms with Gasteiger partial charge in [-0.25, -0.2) is 0 Å². The second kappa shape index (κ2) is 13.8. The molecular weight excluding hydrogens is 390 g/mol. The van der Waals surface area contributed by atoms with Crippen molar-refractivity contribution in [2.75, 3.05) is 6.54 Å². The van der Waals surface area contributed by atoms with Gasteiger partial charge in [0.25, 0.3) is 0 Å². The number of aromatic amines is 1. The fourth-order valence-corrected chi connectivity index (χ4v) is 3.85. The number of hydrogen-bond donors (Lipinski definition) is 3. The molecule has 1 radical (unpaired) electrons. The fraction of sp³-hybridized carbons (Fsp3) is 0.560. The Hall–Kier alpha value is -2.47. The highest BCUT2D eigenvalue weighted by Crippen LogP contribution is 2.18. The zero-order valence-corrected chi connectivity index (χ0v) is 18.6. The van der Waals surface area contributed by atoms with Crippen LogP contribution in [0.2, 0.25) is 0 Å². The first kappa shape index (κ1) is 24.8. The van der Waals surface area contributed by atoms with Crippen molar-refractivity contribution in [3.63, 3.8) is 0 Å². The van der Waals surface area contributed by atoms with Gasteiger partial charge < -0.3 is 16.0 Å². The number of H-pyrrole nitrogens is 1. The van der Waals surface area contributed by atoms with Crippen molar-refractivity contribution < 1.29 is 14.4 Å². The SMILES string of the molecule is CC(=O)C([C]=O)CCCCCCCCCCNC(=O)[C@@H](N)Cc1c[nH]c2ccccc12. The van der Waals surface area contributed by atoms with Crippen LogP contribution in [-0.4, -0.2) is 35.5 Å². The number of amides is 1. The Kier molecular flexibility index (Phi) is 11.0. The average molecular weight is 427 g/mol. The van der Waals surface area contributed by atoms with Crippen LogP contribution >= 0.6 is 0 Å². The number of carbonyl (C=O) groups is 2. The number of Topliss-reactive ketones (excluding diaryl/α,β-unsaturated/α-hetero) is 1. The van der Waals surface area contributed by atoms with Crippen molar-refractivity contribution in [3.05, 3.63) is 36.0 Å². The molecule has 1 heterocycles. The summed E-state index contributed by atoms with van der Waals surface area (Å²) in [5, 5.41) is 4.07. The molecule has 1 aromatic carbocycles. The lowest BCUT2D eigenvalue weighted by Crippen LogP contribution is -2.42. The predicted octanol–water partition coefficient (Wildman–Crippen LogP) is 3.98. The summed E-state index contributed by atoms with van der Waals surface area (Å²) in [6.45, 7) is 2.12. The Morgan fingerprint density at radius 3 is 2.35 bits per heavy atom. The van der Waals surface area contributed by atoms with Gasteiger partial charge in [-0.1, -0.05) is 63.1 Å². The molecule has 0 saturated carbocycles. The van der Waals surface area contributed by atoms with E-state index < -0.39 is 12.0 Å². The van der Waals surface area contributed by atoms with Crippen LogP contribution in [0.25, 0.3) is 10.9 Å². The Balaban J connectivity index is 1.47. The third kappa shape index (κ3) is 8.66. The van der Waals surface area contributed by atoms with E-state index in [-0.39, 0.29) is 11.7 Å². The lowest BCUT2D eigenvalue weighted by atomic mass is 9.98. The molecule has 0 aliphatic carbocycles. The number of fused-ring (bicyclic) bond motifs is 1. The van der Waals surface area contributed by atoms with Crippen molar-refractivity contribution in [1.29, 1.82) is 0 Å². The van der Waals surface area contributed by atoms with E-state index in [4.69, 9.17) is 5.73 Å². The summed E-state index contributed by atoms with van der Waals surface area (Å²) in [5.74, 6) is -0.714. The molecule has 0 saturated heterocycles. The van der Waals surface area contributed by atoms with Crippen LogP contribution < -0.4 is 11.1 Å². The summed E-state index contributed by atoms with van der Waals surface area (Å²) in [6, 6.07) is 7.48. The number of nitrogens with two attached hydrogens (primary N) is 1. The first-order valence-electron chi connectivity index (χ1n) is 11.5. The van der Waals surface area contributed by atoms with Gasteiger partial charge in [0.1, 0.15) is 5.78 Å². The number of rotatable bonds is 16. The standard InChI is InChI=1S/C25H36N3O3/c1-19(30)20(18-29)12-8-6-4-2-3-5-7-11-15-27-25(31)23(26)16-21-17-28-24-14-10-9-13-22(21)24/h9-10,13-14,17,20,23,28H,2-8,11-12,15-16,26H2,1H3,(H,27,31)/t20?,23-/m0/s1. The van der Waals surface area contributed by atoms with Crippen molar-refractivity contribution in [3.8, 4) is 0 Å². The Morgan fingerprint density at radius 1 is 1.03 bits per heavy atom. The van der Waals surface area contributed by atoms with Gasteiger partial charge in [-0.3, -0.25) is 14.4 Å². The van der Waals surface area contributed by atoms with E-state index >= 15 is 0 Å². The lowest BCUT2D eigenvalue weighted by molar-refractivity contribution is -0.122. The minimum Gasteiger partial charge on any atom is -0.361 e. The molecule has 2 aromatic rings. The monoisotopic (exact) mass is 426 g/mol. The average Bonchev–Trinajstić information content (AvgIpc) is 3.17. The molecule has 0 aliphatic rings. The van der Waals surface area contributed by atoms with E-state index in [1.807, 2.05) is 36.7 Å². The highest BCUT2D eigenvalue weighted by atomic mass is 16.2. The first-order chi connectivity index (χ1) is 15.0. The Morgan fingerprint density at radius 2 is 1.68 bits per heavy atom. The smallest absolute Gasteiger partial charge is 0.237 e. The number of benzene rings is 1. The zero-order valence-electron chi connectivity index (χ0n) is 18.6. The third-order valence-corrected chi connectivity index (χ3v) is 5.80. The van der Waals surface area contributed by atoms with Crippen LogP contribution in [0, 0.1) is 5.92 Å². The molecular formula is C25H36N3O3. The summed E-state index contributed by atoms with van der Waals surface area (Å²) >= 11 is 0. The molecule has 6 heteroatoms. The molecule has 0 spiro atoms. The van der Waals surface area contributed by atoms with Crippen LogP contribution in [0.1, 0.15) is 70.3 Å². The fourth-order valence-electron chi connectivity index (χ4n) is 3.85. The highest BCUT2D eigenvalue weighted by Gasteiger charge is 2.15. The van der Waals surface area contributed by atoms with Crippen molar-refractivity contribution >= 4 is 28.9 Å². The van der Waals surface area contributed by atoms with E-state index in [0.29, 0.717) is 19.4 Å². The number of carbonyl (C=O) groups excluding carboxylic acids is 3. The largest absolute Gasteiger partial charge is 0.361 e. The number of unbranched alkanes of at least 4 members (excludes halogenated alkanes) is 7. The Labute approximate surface area is 185 Å². The Bertz CT molecular complexity index is 830. The number of aromatic nitrogens is 1. The lowest BCUT2D eigenvalue weighted by Gasteiger charge is -2.12. The maximum absolute atomic E-state index is 12.3. The van der Waals surface area contributed by atoms with Crippen LogP contribution in [0.5, 0.6) is 0 Å². The molecule has 0 fully saturated rings. The zero-order chi connectivity index (χ0) is 22.5. The summed E-state index contributed by atoms with van der Waals surface area (Å²) in [5.41, 5.74) is 8.23. The van der Waals surface area contributed by atoms with Crippen molar-refractivity contribution in [2.24, 2.45) is 11.7 Å². The molecule has 169 valence electrons. The summed E-state index contributed by atoms with van der Waals surface area (Å²) in [7, 11) is 0. The predicted molar refractivity (Wildman–Crippen MR) is 124 cm³/mol. The van der Waals surface area contributed by atoms with Gasteiger partial charge in [-0.05, 0) is 37.8 Å². The van der Waals surface area contributed by atoms with Crippen LogP contribution in [0.4, 0.5) is 0 Å². The molecule has 1 unspecified atom stereocenters. The molecule has 0 aliphatic heterocycles. The van der Waals surface area contributed by atoms with Gasteiger partial charge in [0.2, 0.25) is 12.2 Å². The van der Waals surface area contributed by atoms with E-state index in [1.165, 1.54) is 13.3 Å². The first-order valence-corrected chi connectivity index (χ1v) is 11.5. The van der Waals surface area contributed by atoms with Gasteiger partial charge in [-0.2, -0.15) is 0 Å². The minimum absolute atomic E-state index is 0.0824. The van der Waals surface area contributed by atoms with Crippen LogP contribution in [-0.2, 0) is 20.8 Å². The molecule has 1 aromatic heterocycles. The highest BCUT2D eigenvalue weighted by molar-refractivity contribution is 5.91. The molecule has 2 rings (SSSR count). The van der Waals surface area contributed by atoms with E-state index in [0.717, 1.165) is 61.4 Å². The number of nitrogens with one attached hydrogen (secondary N) is 2. The quantitative estimate of drug-likeness (QED) is 0.279. The second-order valence-electron chi connectivity index (χ2n) is 8.36. The molecule has 1 amide bonds. The van der Waals surface area contributed by atoms with Crippen molar-refractivity contribution in [1.82, 2.24) is 10.3 Å². The van der Waals surface area contributed by atoms with Crippen LogP contribution in [0.3, 0.4) is 0 Å². The maximum Gasteiger partial charge on any atom is 0.237 e. The molecule has 2 atom stereocenters. The molecule has 6 nitrogen and oxygen atoms in total. The van der Waals surface area contributed by atoms with Gasteiger partial charge >= 0.3 is 0 Å². The van der Waals surface area contributed by atoms with Gasteiger partial charge in [-0.15, -0.1) is 0 Å². The molecule has 0 bridgehead atoms. The third-order valence-electron chi connectivity index (χ3n) is 5.80. The minimum atomic E-state index is -0.543. The number of para-hydroxylation sites is 1. The van der Waals surface area contributed by atoms with Gasteiger partial charge in [0.05, 0.1) is 12.0 Å². The summed E-state index contributed by atoms with van der Waals surface area (Å²) in [6.07, 6.45) is 13.5. The normalized spacial score (nSPS) is 13.1. The van der Waals surface area contributed by atoms with Crippen LogP contribution in [0.15, 0.2) is 30.5 Å². The maximum atomic E-state index is 12.3. The van der Waals surface area contributed by atoms with Gasteiger partial charge in [0.15, 0.2) is 0 Å². The topological polar surface area (TPSA) is 105 Å². The van der Waals surface area contributed by atoms with E-state index in [9.17, 15) is 14.4 Å². The molecule has 31 heavy (non-hydrogen) atoms. The second-order valence-corrected chi connectivity index (χ2v) is 8.36. The number of hydrogen-bond acceptors (Lipinski definition) is 4. The summed E-state index contributed by atoms with van der Waals surface area (Å²) < 4.78 is 0. The van der Waals surface area contributed by atoms with Gasteiger partial charge in [0, 0.05) is 23.6 Å².